The van der Waals surface area contributed by atoms with Gasteiger partial charge < -0.3 is 20.1 Å². The minimum Gasteiger partial charge on any atom is -0.490 e. The molecule has 0 bridgehead atoms. The maximum Gasteiger partial charge on any atom is 0.255 e. The smallest absolute Gasteiger partial charge is 0.255 e. The third kappa shape index (κ3) is 6.60. The van der Waals surface area contributed by atoms with E-state index in [0.29, 0.717) is 51.7 Å². The maximum absolute atomic E-state index is 14.2. The number of hydrogen-bond donors (Lipinski definition) is 2. The Morgan fingerprint density at radius 2 is 1.83 bits per heavy atom. The van der Waals surface area contributed by atoms with Gasteiger partial charge in [-0.3, -0.25) is 4.79 Å². The molecule has 1 aliphatic rings. The van der Waals surface area contributed by atoms with Crippen LogP contribution in [0.5, 0.6) is 11.5 Å². The highest BCUT2D eigenvalue weighted by atomic mass is 32.2. The van der Waals surface area contributed by atoms with Gasteiger partial charge in [-0.1, -0.05) is 67.6 Å². The molecule has 0 radical (unpaired) electrons. The fourth-order valence-corrected chi connectivity index (χ4v) is 5.59. The highest BCUT2D eigenvalue weighted by Crippen LogP contribution is 2.40. The predicted octanol–water partition coefficient (Wildman–Crippen LogP) is 7.21. The van der Waals surface area contributed by atoms with E-state index < -0.39 is 6.04 Å². The summed E-state index contributed by atoms with van der Waals surface area (Å²) < 4.78 is 27.9. The first-order valence-corrected chi connectivity index (χ1v) is 15.0. The molecule has 5 rings (SSSR count). The lowest BCUT2D eigenvalue weighted by molar-refractivity contribution is -0.113. The van der Waals surface area contributed by atoms with Crippen molar-refractivity contribution in [3.63, 3.8) is 0 Å². The number of nitrogens with zero attached hydrogens (tertiary/aromatic N) is 3. The molecule has 4 aromatic rings. The van der Waals surface area contributed by atoms with E-state index in [1.165, 1.54) is 6.07 Å². The van der Waals surface area contributed by atoms with E-state index in [1.807, 2.05) is 56.3 Å². The molecule has 8 nitrogen and oxygen atoms in total. The van der Waals surface area contributed by atoms with E-state index in [9.17, 15) is 9.18 Å². The molecular weight excluding hydrogens is 553 g/mol. The number of nitrogens with one attached hydrogen (secondary N) is 2. The lowest BCUT2D eigenvalue weighted by Gasteiger charge is -2.29. The summed E-state index contributed by atoms with van der Waals surface area (Å²) in [7, 11) is 0. The van der Waals surface area contributed by atoms with Crippen LogP contribution in [0.2, 0.25) is 0 Å². The number of allylic oxidation sites excluding steroid dienone is 1. The summed E-state index contributed by atoms with van der Waals surface area (Å²) in [6.07, 6.45) is 2.14. The van der Waals surface area contributed by atoms with Gasteiger partial charge in [-0.05, 0) is 56.2 Å². The molecule has 0 fully saturated rings. The third-order valence-corrected chi connectivity index (χ3v) is 7.69. The summed E-state index contributed by atoms with van der Waals surface area (Å²) in [5.74, 6) is 1.85. The second-order valence-corrected chi connectivity index (χ2v) is 10.8. The topological polar surface area (TPSA) is 90.3 Å². The van der Waals surface area contributed by atoms with Gasteiger partial charge in [0.1, 0.15) is 18.5 Å². The average Bonchev–Trinajstić information content (AvgIpc) is 3.39. The van der Waals surface area contributed by atoms with Crippen LogP contribution >= 0.6 is 11.8 Å². The van der Waals surface area contributed by atoms with E-state index in [-0.39, 0.29) is 18.3 Å². The molecule has 218 valence electrons. The van der Waals surface area contributed by atoms with Gasteiger partial charge in [-0.25, -0.2) is 9.07 Å². The van der Waals surface area contributed by atoms with E-state index in [2.05, 4.69) is 17.6 Å². The van der Waals surface area contributed by atoms with Gasteiger partial charge in [0, 0.05) is 22.7 Å². The SMILES string of the molecule is CCCCSc1nc2n(n1)C(c1ccc(OCc3ccccc3F)c(OCC)c1)C(C(=O)Nc1ccccc1)=C(C)N2. The van der Waals surface area contributed by atoms with Gasteiger partial charge in [-0.2, -0.15) is 4.98 Å². The van der Waals surface area contributed by atoms with Crippen LogP contribution in [-0.2, 0) is 11.4 Å². The average molecular weight is 588 g/mol. The molecule has 1 amide bonds. The van der Waals surface area contributed by atoms with E-state index in [0.717, 1.165) is 24.2 Å². The van der Waals surface area contributed by atoms with Crippen molar-refractivity contribution in [3.8, 4) is 11.5 Å². The highest BCUT2D eigenvalue weighted by molar-refractivity contribution is 7.99. The molecule has 1 aliphatic heterocycles. The standard InChI is InChI=1S/C32H34FN5O3S/c1-4-6-18-42-32-36-31-34-21(3)28(30(39)35-24-13-8-7-9-14-24)29(38(31)37-32)22-16-17-26(27(19-22)40-5-2)41-20-23-12-10-11-15-25(23)33/h7-17,19,29H,4-6,18,20H2,1-3H3,(H,35,39)(H,34,36,37). The Balaban J connectivity index is 1.52. The quantitative estimate of drug-likeness (QED) is 0.134. The number of carbonyl (C=O) groups excluding carboxylic acids is 1. The van der Waals surface area contributed by atoms with Crippen LogP contribution in [-0.4, -0.2) is 33.0 Å². The number of unbranched alkanes of at least 4 members (excludes halogenated alkanes) is 1. The molecule has 0 spiro atoms. The largest absolute Gasteiger partial charge is 0.490 e. The molecule has 2 heterocycles. The van der Waals surface area contributed by atoms with Crippen LogP contribution in [0.15, 0.2) is 89.2 Å². The monoisotopic (exact) mass is 587 g/mol. The molecular formula is C32H34FN5O3S. The Morgan fingerprint density at radius 3 is 2.60 bits per heavy atom. The predicted molar refractivity (Wildman–Crippen MR) is 164 cm³/mol. The summed E-state index contributed by atoms with van der Waals surface area (Å²) in [4.78, 5) is 18.5. The van der Waals surface area contributed by atoms with Crippen LogP contribution in [0.3, 0.4) is 0 Å². The molecule has 0 saturated carbocycles. The van der Waals surface area contributed by atoms with Crippen LogP contribution in [0.4, 0.5) is 16.0 Å². The first kappa shape index (κ1) is 29.2. The number of rotatable bonds is 12. The number of hydrogen-bond acceptors (Lipinski definition) is 7. The number of carbonyl (C=O) groups is 1. The molecule has 3 aromatic carbocycles. The third-order valence-electron chi connectivity index (χ3n) is 6.76. The summed E-state index contributed by atoms with van der Waals surface area (Å²) in [6.45, 7) is 6.35. The minimum atomic E-state index is -0.585. The molecule has 1 atom stereocenters. The fraction of sp³-hybridized carbons (Fsp3) is 0.281. The number of fused-ring (bicyclic) bond motifs is 1. The Morgan fingerprint density at radius 1 is 1.05 bits per heavy atom. The first-order chi connectivity index (χ1) is 20.5. The Hall–Kier alpha value is -4.31. The number of amides is 1. The van der Waals surface area contributed by atoms with Gasteiger partial charge in [0.15, 0.2) is 11.5 Å². The lowest BCUT2D eigenvalue weighted by Crippen LogP contribution is -2.31. The van der Waals surface area contributed by atoms with Crippen molar-refractivity contribution in [3.05, 3.63) is 101 Å². The maximum atomic E-state index is 14.2. The first-order valence-electron chi connectivity index (χ1n) is 14.0. The number of aromatic nitrogens is 3. The van der Waals surface area contributed by atoms with Crippen molar-refractivity contribution in [2.75, 3.05) is 23.0 Å². The van der Waals surface area contributed by atoms with Crippen molar-refractivity contribution in [1.29, 1.82) is 0 Å². The van der Waals surface area contributed by atoms with Crippen molar-refractivity contribution in [1.82, 2.24) is 14.8 Å². The van der Waals surface area contributed by atoms with Crippen molar-refractivity contribution in [2.24, 2.45) is 0 Å². The molecule has 1 aromatic heterocycles. The minimum absolute atomic E-state index is 0.0503. The zero-order valence-corrected chi connectivity index (χ0v) is 24.7. The van der Waals surface area contributed by atoms with Crippen LogP contribution in [0.1, 0.15) is 50.8 Å². The van der Waals surface area contributed by atoms with E-state index in [4.69, 9.17) is 19.6 Å². The second-order valence-electron chi connectivity index (χ2n) is 9.77. The Labute approximate surface area is 249 Å². The van der Waals surface area contributed by atoms with Crippen LogP contribution in [0.25, 0.3) is 0 Å². The lowest BCUT2D eigenvalue weighted by atomic mass is 9.94. The van der Waals surface area contributed by atoms with Gasteiger partial charge in [0.05, 0.1) is 12.2 Å². The number of thioether (sulfide) groups is 1. The Bertz CT molecular complexity index is 1570. The van der Waals surface area contributed by atoms with E-state index >= 15 is 0 Å². The normalized spacial score (nSPS) is 14.2. The molecule has 0 aliphatic carbocycles. The van der Waals surface area contributed by atoms with Crippen molar-refractivity contribution in [2.45, 2.75) is 51.4 Å². The number of ether oxygens (including phenoxy) is 2. The van der Waals surface area contributed by atoms with E-state index in [1.54, 1.807) is 40.7 Å². The zero-order valence-electron chi connectivity index (χ0n) is 23.9. The molecule has 1 unspecified atom stereocenters. The Kier molecular flexibility index (Phi) is 9.43. The van der Waals surface area contributed by atoms with Crippen LogP contribution in [0, 0.1) is 5.82 Å². The van der Waals surface area contributed by atoms with Gasteiger partial charge >= 0.3 is 0 Å². The summed E-state index contributed by atoms with van der Waals surface area (Å²) in [5, 5.41) is 11.8. The highest BCUT2D eigenvalue weighted by Gasteiger charge is 2.35. The zero-order chi connectivity index (χ0) is 29.5. The number of halogens is 1. The molecule has 0 saturated heterocycles. The number of benzene rings is 3. The fourth-order valence-electron chi connectivity index (χ4n) is 4.68. The summed E-state index contributed by atoms with van der Waals surface area (Å²) in [6, 6.07) is 20.8. The molecule has 42 heavy (non-hydrogen) atoms. The van der Waals surface area contributed by atoms with Gasteiger partial charge in [0.25, 0.3) is 5.91 Å². The number of para-hydroxylation sites is 1. The van der Waals surface area contributed by atoms with Crippen molar-refractivity contribution < 1.29 is 18.7 Å². The number of anilines is 2. The molecule has 2 N–H and O–H groups in total. The van der Waals surface area contributed by atoms with Crippen LogP contribution < -0.4 is 20.1 Å². The van der Waals surface area contributed by atoms with Gasteiger partial charge in [0.2, 0.25) is 11.1 Å². The summed E-state index contributed by atoms with van der Waals surface area (Å²) >= 11 is 1.59. The molecule has 10 heteroatoms. The second kappa shape index (κ2) is 13.6. The van der Waals surface area contributed by atoms with Gasteiger partial charge in [-0.15, -0.1) is 5.10 Å². The van der Waals surface area contributed by atoms with Crippen molar-refractivity contribution >= 4 is 29.3 Å². The summed E-state index contributed by atoms with van der Waals surface area (Å²) in [5.41, 5.74) is 3.09.